The molecule has 0 aromatic heterocycles. The van der Waals surface area contributed by atoms with Crippen LogP contribution in [0.5, 0.6) is 0 Å². The van der Waals surface area contributed by atoms with Crippen LogP contribution < -0.4 is 0 Å². The molecular formula is C12H14Al8O35S8. The fourth-order valence-electron chi connectivity index (χ4n) is 4.41. The predicted molar refractivity (Wildman–Crippen MR) is 186 cm³/mol. The summed E-state index contributed by atoms with van der Waals surface area (Å²) < 4.78 is 288. The minimum Gasteiger partial charge on any atom is -0.402 e. The number of hydrogen-bond donors (Lipinski definition) is 0. The van der Waals surface area contributed by atoms with Crippen LogP contribution in [0.4, 0.5) is 0 Å². The summed E-state index contributed by atoms with van der Waals surface area (Å²) in [5, 5.41) is 0. The molecule has 16 radical (unpaired) electrons. The molecule has 2 aliphatic heterocycles. The zero-order valence-electron chi connectivity index (χ0n) is 29.4. The van der Waals surface area contributed by atoms with E-state index >= 15 is 0 Å². The van der Waals surface area contributed by atoms with Crippen LogP contribution in [0.25, 0.3) is 0 Å². The van der Waals surface area contributed by atoms with E-state index in [1.807, 2.05) is 0 Å². The molecule has 0 amide bonds. The van der Waals surface area contributed by atoms with Crippen LogP contribution in [-0.4, -0.2) is 275 Å². The van der Waals surface area contributed by atoms with Gasteiger partial charge in [0.1, 0.15) is 37.1 Å². The molecule has 9 unspecified atom stereocenters. The molecule has 2 heterocycles. The van der Waals surface area contributed by atoms with Crippen molar-refractivity contribution in [2.45, 2.75) is 54.8 Å². The van der Waals surface area contributed by atoms with Gasteiger partial charge in [-0.25, -0.2) is 33.5 Å². The molecule has 0 aromatic carbocycles. The SMILES string of the molecule is O=S(=O)([O][Al])OCC1OC(OC2(COS(=O)(=O)[O][Al])OC(COS(=O)(=O)[O][Al])C(OS(=O)(=O)[O][Al])C2OS(=O)(=O)[O][Al])C(OS(=O)(=O)[O][Al])C(OS(=O)(=O)[O][Al])C1OS(=O)(=O)[O][Al]. The summed E-state index contributed by atoms with van der Waals surface area (Å²) in [7, 11) is -43.7. The minimum atomic E-state index is -5.67. The van der Waals surface area contributed by atoms with E-state index in [0.717, 1.165) is 99.7 Å². The monoisotopic (exact) mass is 1190 g/mol. The van der Waals surface area contributed by atoms with Gasteiger partial charge in [-0.05, 0) is 0 Å². The summed E-state index contributed by atoms with van der Waals surface area (Å²) in [5.74, 6) is -3.80. The van der Waals surface area contributed by atoms with E-state index in [2.05, 4.69) is 38.4 Å². The van der Waals surface area contributed by atoms with Crippen molar-refractivity contribution in [3.05, 3.63) is 0 Å². The maximum atomic E-state index is 12.9. The summed E-state index contributed by atoms with van der Waals surface area (Å²) in [6, 6.07) is 0. The molecule has 0 aliphatic carbocycles. The van der Waals surface area contributed by atoms with E-state index in [0.29, 0.717) is 0 Å². The molecule has 51 heteroatoms. The molecule has 9 atom stereocenters. The van der Waals surface area contributed by atoms with E-state index in [1.165, 1.54) is 33.2 Å². The van der Waals surface area contributed by atoms with Crippen molar-refractivity contribution in [2.24, 2.45) is 0 Å². The van der Waals surface area contributed by atoms with Gasteiger partial charge in [0.05, 0.1) is 13.2 Å². The second-order valence-electron chi connectivity index (χ2n) is 10.3. The van der Waals surface area contributed by atoms with Gasteiger partial charge < -0.3 is 40.1 Å². The Kier molecular flexibility index (Phi) is 24.9. The van der Waals surface area contributed by atoms with Crippen molar-refractivity contribution in [1.29, 1.82) is 0 Å². The minimum absolute atomic E-state index is 1.12. The molecule has 2 fully saturated rings. The lowest BCUT2D eigenvalue weighted by Gasteiger charge is -2.46. The highest BCUT2D eigenvalue weighted by Crippen LogP contribution is 2.43. The van der Waals surface area contributed by atoms with Gasteiger partial charge >= 0.3 is 216 Å². The molecule has 2 saturated heterocycles. The Balaban J connectivity index is 3.23. The highest BCUT2D eigenvalue weighted by atomic mass is 32.3. The zero-order chi connectivity index (χ0) is 48.7. The molecule has 0 N–H and O–H groups in total. The fourth-order valence-corrected chi connectivity index (χ4v) is 9.37. The Morgan fingerprint density at radius 1 is 0.381 bits per heavy atom. The van der Waals surface area contributed by atoms with Gasteiger partial charge in [0.15, 0.2) is 18.5 Å². The Labute approximate surface area is 426 Å². The van der Waals surface area contributed by atoms with E-state index in [4.69, 9.17) is 35.1 Å². The molecular weight excluding hydrogens is 1180 g/mol. The van der Waals surface area contributed by atoms with Gasteiger partial charge in [-0.2, -0.15) is 67.3 Å². The third kappa shape index (κ3) is 19.6. The molecule has 0 spiro atoms. The van der Waals surface area contributed by atoms with Gasteiger partial charge in [0.2, 0.25) is 5.79 Å². The van der Waals surface area contributed by atoms with Crippen molar-refractivity contribution in [3.63, 3.8) is 0 Å². The molecule has 0 saturated carbocycles. The Morgan fingerprint density at radius 3 is 1.13 bits per heavy atom. The average Bonchev–Trinajstić information content (AvgIpc) is 3.47. The van der Waals surface area contributed by atoms with Crippen LogP contribution in [0.15, 0.2) is 0 Å². The standard InChI is InChI=1S/C12H22O35S8.8Al/c13-48(14,15)37-1-4-6(43-51(22,23)24)8(45-53(28,29)30)9(46-54(31,32)33)11(40-4)42-12(3-39-50(19,20)21)10(47-55(34,35)36)7(44-52(25,26)27)5(41-12)2-38-49(16,17)18;;;;;;;;/h4-11H,1-3H2,(H,13,14,15)(H,16,17,18)(H,19,20,21)(H,22,23,24)(H,25,26,27)(H,28,29,30)(H,31,32,33)(H,34,35,36);;;;;;;;/q;8*+1/p-8. The Bertz CT molecular complexity index is 2450. The number of hydrogen-bond acceptors (Lipinski definition) is 35. The van der Waals surface area contributed by atoms with Crippen LogP contribution in [0.2, 0.25) is 0 Å². The third-order valence-corrected chi connectivity index (χ3v) is 17.7. The van der Waals surface area contributed by atoms with E-state index in [-0.39, 0.29) is 0 Å². The largest absolute Gasteiger partial charge is 0.408 e. The topological polar surface area (TPSA) is 448 Å². The summed E-state index contributed by atoms with van der Waals surface area (Å²) in [5.41, 5.74) is 0. The maximum Gasteiger partial charge on any atom is 0.408 e. The zero-order valence-corrected chi connectivity index (χ0v) is 45.2. The molecule has 2 aliphatic rings. The summed E-state index contributed by atoms with van der Waals surface area (Å²) in [6.45, 7) is -5.31. The Morgan fingerprint density at radius 2 is 0.714 bits per heavy atom. The predicted octanol–water partition coefficient (Wildman–Crippen LogP) is -10.4. The normalized spacial score (nSPS) is 28.2. The maximum absolute atomic E-state index is 12.9. The lowest BCUT2D eigenvalue weighted by Crippen LogP contribution is -2.66. The molecule has 2 rings (SSSR count). The first-order chi connectivity index (χ1) is 28.7. The van der Waals surface area contributed by atoms with Gasteiger partial charge in [-0.3, -0.25) is 0 Å². The highest BCUT2D eigenvalue weighted by Gasteiger charge is 2.65. The van der Waals surface area contributed by atoms with Gasteiger partial charge in [-0.15, -0.1) is 0 Å². The van der Waals surface area contributed by atoms with E-state index < -0.39 is 158 Å². The quantitative estimate of drug-likeness (QED) is 0.0628. The van der Waals surface area contributed by atoms with Crippen molar-refractivity contribution < 1.29 is 141 Å². The van der Waals surface area contributed by atoms with Crippen LogP contribution in [0, 0.1) is 0 Å². The first-order valence-corrected chi connectivity index (χ1v) is 28.5. The molecule has 0 aromatic rings. The lowest BCUT2D eigenvalue weighted by atomic mass is 9.99. The Hall–Kier alpha value is 3.10. The number of ether oxygens (including phenoxy) is 3. The van der Waals surface area contributed by atoms with Crippen molar-refractivity contribution in [1.82, 2.24) is 0 Å². The summed E-state index contributed by atoms with van der Waals surface area (Å²) >= 11 is 9.26. The van der Waals surface area contributed by atoms with Crippen molar-refractivity contribution in [2.75, 3.05) is 19.8 Å². The van der Waals surface area contributed by atoms with E-state index in [1.54, 1.807) is 0 Å². The van der Waals surface area contributed by atoms with Crippen LogP contribution in [-0.2, 0) is 157 Å². The second kappa shape index (κ2) is 25.2. The lowest BCUT2D eigenvalue weighted by molar-refractivity contribution is -0.374. The van der Waals surface area contributed by atoms with Crippen LogP contribution in [0.1, 0.15) is 0 Å². The summed E-state index contributed by atoms with van der Waals surface area (Å²) in [6.07, 6.45) is -23.4. The molecule has 63 heavy (non-hydrogen) atoms. The highest BCUT2D eigenvalue weighted by molar-refractivity contribution is 7.84. The first kappa shape index (κ1) is 62.2. The van der Waals surface area contributed by atoms with Crippen molar-refractivity contribution >= 4 is 216 Å². The first-order valence-electron chi connectivity index (χ1n) is 14.1. The van der Waals surface area contributed by atoms with Gasteiger partial charge in [0.25, 0.3) is 0 Å². The fraction of sp³-hybridized carbons (Fsp3) is 1.00. The number of rotatable bonds is 29. The molecule has 35 nitrogen and oxygen atoms in total. The second-order valence-corrected chi connectivity index (χ2v) is 24.6. The third-order valence-electron chi connectivity index (χ3n) is 6.59. The van der Waals surface area contributed by atoms with Gasteiger partial charge in [-0.1, -0.05) is 0 Å². The smallest absolute Gasteiger partial charge is 0.402 e. The van der Waals surface area contributed by atoms with Crippen LogP contribution >= 0.6 is 0 Å². The van der Waals surface area contributed by atoms with Crippen molar-refractivity contribution in [3.8, 4) is 0 Å². The summed E-state index contributed by atoms with van der Waals surface area (Å²) in [4.78, 5) is 0. The van der Waals surface area contributed by atoms with Gasteiger partial charge in [0, 0.05) is 0 Å². The average molecular weight is 1190 g/mol. The molecule has 0 bridgehead atoms. The molecule has 344 valence electrons. The van der Waals surface area contributed by atoms with E-state index in [9.17, 15) is 67.3 Å². The van der Waals surface area contributed by atoms with Crippen LogP contribution in [0.3, 0.4) is 0 Å².